The Morgan fingerprint density at radius 2 is 1.73 bits per heavy atom. The number of rotatable bonds is 5. The molecule has 5 rings (SSSR count). The van der Waals surface area contributed by atoms with Crippen molar-refractivity contribution in [3.05, 3.63) is 107 Å². The third kappa shape index (κ3) is 4.26. The summed E-state index contributed by atoms with van der Waals surface area (Å²) in [6, 6.07) is 25.8. The number of anilines is 1. The third-order valence-electron chi connectivity index (χ3n) is 5.98. The summed E-state index contributed by atoms with van der Waals surface area (Å²) in [6.07, 6.45) is 1.80. The zero-order valence-electron chi connectivity index (χ0n) is 18.4. The van der Waals surface area contributed by atoms with Crippen molar-refractivity contribution in [3.8, 4) is 11.3 Å². The molecule has 4 nitrogen and oxygen atoms in total. The number of halogens is 1. The normalized spacial score (nSPS) is 18.1. The molecule has 1 fully saturated rings. The Kier molecular flexibility index (Phi) is 5.92. The molecule has 0 amide bonds. The Morgan fingerprint density at radius 1 is 0.970 bits per heavy atom. The number of nitrogens with zero attached hydrogens (tertiary/aromatic N) is 2. The van der Waals surface area contributed by atoms with Crippen LogP contribution in [-0.2, 0) is 0 Å². The van der Waals surface area contributed by atoms with Gasteiger partial charge in [-0.1, -0.05) is 43.6 Å². The van der Waals surface area contributed by atoms with Crippen LogP contribution in [0.3, 0.4) is 0 Å². The molecule has 0 aliphatic carbocycles. The minimum absolute atomic E-state index is 0.146. The van der Waals surface area contributed by atoms with Crippen molar-refractivity contribution in [3.63, 3.8) is 0 Å². The van der Waals surface area contributed by atoms with E-state index in [1.807, 2.05) is 54.6 Å². The molecule has 4 aromatic rings. The van der Waals surface area contributed by atoms with Crippen LogP contribution in [0.2, 0.25) is 5.02 Å². The fourth-order valence-corrected chi connectivity index (χ4v) is 4.69. The lowest BCUT2D eigenvalue weighted by Gasteiger charge is -2.26. The second-order valence-electron chi connectivity index (χ2n) is 8.45. The molecule has 2 aromatic heterocycles. The molecule has 0 bridgehead atoms. The van der Waals surface area contributed by atoms with Gasteiger partial charge in [0.1, 0.15) is 17.6 Å². The summed E-state index contributed by atoms with van der Waals surface area (Å²) in [5, 5.41) is 4.83. The van der Waals surface area contributed by atoms with E-state index in [4.69, 9.17) is 28.2 Å². The first-order valence-corrected chi connectivity index (χ1v) is 11.8. The lowest BCUT2D eigenvalue weighted by Crippen LogP contribution is -2.29. The van der Waals surface area contributed by atoms with Crippen molar-refractivity contribution in [1.29, 1.82) is 0 Å². The lowest BCUT2D eigenvalue weighted by atomic mass is 10.0. The van der Waals surface area contributed by atoms with E-state index in [1.54, 1.807) is 6.20 Å². The monoisotopic (exact) mass is 473 g/mol. The average molecular weight is 474 g/mol. The van der Waals surface area contributed by atoms with Crippen molar-refractivity contribution in [2.75, 3.05) is 4.90 Å². The van der Waals surface area contributed by atoms with E-state index >= 15 is 0 Å². The van der Waals surface area contributed by atoms with Crippen LogP contribution < -0.4 is 10.2 Å². The smallest absolute Gasteiger partial charge is 0.174 e. The Labute approximate surface area is 204 Å². The van der Waals surface area contributed by atoms with Gasteiger partial charge in [0.05, 0.1) is 11.7 Å². The largest absolute Gasteiger partial charge is 0.459 e. The fraction of sp³-hybridized carbons (Fsp3) is 0.185. The molecule has 3 heterocycles. The second kappa shape index (κ2) is 9.00. The highest BCUT2D eigenvalue weighted by atomic mass is 35.5. The Balaban J connectivity index is 1.57. The Morgan fingerprint density at radius 3 is 2.39 bits per heavy atom. The van der Waals surface area contributed by atoms with Gasteiger partial charge in [0.15, 0.2) is 5.11 Å². The lowest BCUT2D eigenvalue weighted by molar-refractivity contribution is 0.439. The van der Waals surface area contributed by atoms with Crippen molar-refractivity contribution in [2.45, 2.75) is 31.8 Å². The van der Waals surface area contributed by atoms with Crippen molar-refractivity contribution in [1.82, 2.24) is 10.3 Å². The molecule has 2 atom stereocenters. The van der Waals surface area contributed by atoms with Gasteiger partial charge in [-0.25, -0.2) is 0 Å². The molecule has 2 unspecified atom stereocenters. The summed E-state index contributed by atoms with van der Waals surface area (Å²) < 4.78 is 6.40. The molecule has 1 aliphatic rings. The molecule has 33 heavy (non-hydrogen) atoms. The van der Waals surface area contributed by atoms with Gasteiger partial charge >= 0.3 is 0 Å². The number of pyridine rings is 1. The van der Waals surface area contributed by atoms with Crippen molar-refractivity contribution < 1.29 is 4.42 Å². The zero-order valence-corrected chi connectivity index (χ0v) is 20.0. The first kappa shape index (κ1) is 21.7. The molecule has 1 N–H and O–H groups in total. The number of hydrogen-bond donors (Lipinski definition) is 1. The van der Waals surface area contributed by atoms with Gasteiger partial charge in [-0.05, 0) is 84.4 Å². The number of nitrogens with one attached hydrogen (secondary N) is 1. The van der Waals surface area contributed by atoms with Gasteiger partial charge in [-0.3, -0.25) is 4.98 Å². The predicted molar refractivity (Wildman–Crippen MR) is 138 cm³/mol. The number of thiocarbonyl (C=S) groups is 1. The topological polar surface area (TPSA) is 41.3 Å². The van der Waals surface area contributed by atoms with Crippen LogP contribution >= 0.6 is 23.8 Å². The van der Waals surface area contributed by atoms with Crippen LogP contribution in [0.5, 0.6) is 0 Å². The first-order valence-electron chi connectivity index (χ1n) is 11.0. The van der Waals surface area contributed by atoms with E-state index < -0.39 is 0 Å². The molecular formula is C27H24ClN3OS. The van der Waals surface area contributed by atoms with Crippen LogP contribution in [0.15, 0.2) is 89.5 Å². The molecule has 0 spiro atoms. The van der Waals surface area contributed by atoms with Gasteiger partial charge in [-0.2, -0.15) is 0 Å². The fourth-order valence-electron chi connectivity index (χ4n) is 4.22. The molecule has 2 aromatic carbocycles. The van der Waals surface area contributed by atoms with E-state index in [2.05, 4.69) is 53.3 Å². The Bertz CT molecular complexity index is 1250. The summed E-state index contributed by atoms with van der Waals surface area (Å²) in [5.74, 6) is 2.07. The highest BCUT2D eigenvalue weighted by Crippen LogP contribution is 2.43. The van der Waals surface area contributed by atoms with Crippen LogP contribution in [-0.4, -0.2) is 10.1 Å². The first-order chi connectivity index (χ1) is 16.0. The van der Waals surface area contributed by atoms with Gasteiger partial charge in [-0.15, -0.1) is 0 Å². The minimum Gasteiger partial charge on any atom is -0.459 e. The van der Waals surface area contributed by atoms with E-state index in [0.29, 0.717) is 16.1 Å². The van der Waals surface area contributed by atoms with Gasteiger partial charge < -0.3 is 14.6 Å². The van der Waals surface area contributed by atoms with Gasteiger partial charge in [0.25, 0.3) is 0 Å². The highest BCUT2D eigenvalue weighted by Gasteiger charge is 2.42. The predicted octanol–water partition coefficient (Wildman–Crippen LogP) is 7.30. The standard InChI is InChI=1S/C27H24ClN3OS/c1-17(2)18-8-12-21(13-9-18)31-26(25(30-27(31)33)22-5-3-4-16-29-22)24-15-14-23(32-24)19-6-10-20(28)11-7-19/h3-17,25-26H,1-2H3,(H,30,33). The number of benzene rings is 2. The van der Waals surface area contributed by atoms with Crippen molar-refractivity contribution in [2.24, 2.45) is 0 Å². The molecule has 0 saturated carbocycles. The van der Waals surface area contributed by atoms with Crippen LogP contribution in [0, 0.1) is 0 Å². The number of furan rings is 1. The number of aromatic nitrogens is 1. The van der Waals surface area contributed by atoms with Gasteiger partial charge in [0.2, 0.25) is 0 Å². The molecular weight excluding hydrogens is 450 g/mol. The van der Waals surface area contributed by atoms with Gasteiger partial charge in [0, 0.05) is 22.5 Å². The number of hydrogen-bond acceptors (Lipinski definition) is 3. The zero-order chi connectivity index (χ0) is 22.9. The molecule has 1 saturated heterocycles. The maximum absolute atomic E-state index is 6.40. The summed E-state index contributed by atoms with van der Waals surface area (Å²) in [7, 11) is 0. The Hall–Kier alpha value is -3.15. The maximum Gasteiger partial charge on any atom is 0.174 e. The van der Waals surface area contributed by atoms with E-state index in [9.17, 15) is 0 Å². The minimum atomic E-state index is -0.182. The quantitative estimate of drug-likeness (QED) is 0.308. The third-order valence-corrected chi connectivity index (χ3v) is 6.55. The summed E-state index contributed by atoms with van der Waals surface area (Å²) >= 11 is 11.9. The SMILES string of the molecule is CC(C)c1ccc(N2C(=S)NC(c3ccccn3)C2c2ccc(-c3ccc(Cl)cc3)o2)cc1. The summed E-state index contributed by atoms with van der Waals surface area (Å²) in [4.78, 5) is 6.73. The maximum atomic E-state index is 6.40. The molecule has 1 aliphatic heterocycles. The van der Waals surface area contributed by atoms with Crippen LogP contribution in [0.25, 0.3) is 11.3 Å². The molecule has 166 valence electrons. The van der Waals surface area contributed by atoms with Crippen LogP contribution in [0.1, 0.15) is 48.9 Å². The average Bonchev–Trinajstić information content (AvgIpc) is 3.45. The summed E-state index contributed by atoms with van der Waals surface area (Å²) in [6.45, 7) is 4.39. The van der Waals surface area contributed by atoms with E-state index in [1.165, 1.54) is 5.56 Å². The van der Waals surface area contributed by atoms with Crippen molar-refractivity contribution >= 4 is 34.6 Å². The summed E-state index contributed by atoms with van der Waals surface area (Å²) in [5.41, 5.74) is 4.19. The van der Waals surface area contributed by atoms with E-state index in [0.717, 1.165) is 28.5 Å². The molecule has 0 radical (unpaired) electrons. The molecule has 6 heteroatoms. The van der Waals surface area contributed by atoms with E-state index in [-0.39, 0.29) is 12.1 Å². The van der Waals surface area contributed by atoms with Crippen LogP contribution in [0.4, 0.5) is 5.69 Å². The second-order valence-corrected chi connectivity index (χ2v) is 9.27. The highest BCUT2D eigenvalue weighted by molar-refractivity contribution is 7.80.